The zero-order valence-corrected chi connectivity index (χ0v) is 12.8. The number of aliphatic hydroxyl groups excluding tert-OH is 3. The molecule has 2 aromatic rings. The van der Waals surface area contributed by atoms with Crippen molar-refractivity contribution in [3.63, 3.8) is 0 Å². The van der Waals surface area contributed by atoms with Gasteiger partial charge in [-0.15, -0.1) is 11.8 Å². The molecule has 0 amide bonds. The second-order valence-corrected chi connectivity index (χ2v) is 6.82. The van der Waals surface area contributed by atoms with Crippen LogP contribution in [0.4, 0.5) is 0 Å². The van der Waals surface area contributed by atoms with E-state index in [0.717, 1.165) is 11.1 Å². The number of thioether (sulfide) groups is 1. The van der Waals surface area contributed by atoms with Gasteiger partial charge in [-0.2, -0.15) is 11.3 Å². The van der Waals surface area contributed by atoms with E-state index in [2.05, 4.69) is 5.38 Å². The second-order valence-electron chi connectivity index (χ2n) is 4.91. The molecule has 1 aliphatic rings. The lowest BCUT2D eigenvalue weighted by molar-refractivity contribution is -0.0786. The number of hydrogen-bond acceptors (Lipinski definition) is 6. The molecule has 1 fully saturated rings. The van der Waals surface area contributed by atoms with E-state index >= 15 is 0 Å². The normalized spacial score (nSPS) is 29.3. The molecule has 0 unspecified atom stereocenters. The largest absolute Gasteiger partial charge is 0.477 e. The van der Waals surface area contributed by atoms with Gasteiger partial charge in [0.15, 0.2) is 5.44 Å². The SMILES string of the molecule is O[C@@H]1[C@@H](O)[C@@H](Oc2cccc(-c3ccsc3)c2)SC[C@H]1O. The van der Waals surface area contributed by atoms with Crippen LogP contribution >= 0.6 is 23.1 Å². The fourth-order valence-electron chi connectivity index (χ4n) is 2.19. The quantitative estimate of drug-likeness (QED) is 0.805. The van der Waals surface area contributed by atoms with Crippen molar-refractivity contribution in [2.45, 2.75) is 23.7 Å². The van der Waals surface area contributed by atoms with Gasteiger partial charge in [-0.3, -0.25) is 0 Å². The molecule has 1 aliphatic heterocycles. The van der Waals surface area contributed by atoms with Gasteiger partial charge in [-0.1, -0.05) is 12.1 Å². The predicted octanol–water partition coefficient (Wildman–Crippen LogP) is 1.95. The molecule has 6 heteroatoms. The molecule has 0 saturated carbocycles. The summed E-state index contributed by atoms with van der Waals surface area (Å²) in [6.07, 6.45) is -3.19. The first kappa shape index (κ1) is 14.9. The monoisotopic (exact) mass is 324 g/mol. The van der Waals surface area contributed by atoms with Gasteiger partial charge < -0.3 is 20.1 Å². The second kappa shape index (κ2) is 6.37. The Morgan fingerprint density at radius 3 is 2.67 bits per heavy atom. The summed E-state index contributed by atoms with van der Waals surface area (Å²) < 4.78 is 5.77. The maximum atomic E-state index is 9.97. The first-order valence-electron chi connectivity index (χ1n) is 6.60. The maximum Gasteiger partial charge on any atom is 0.173 e. The van der Waals surface area contributed by atoms with Crippen molar-refractivity contribution in [2.75, 3.05) is 5.75 Å². The average molecular weight is 324 g/mol. The number of hydrogen-bond donors (Lipinski definition) is 3. The Morgan fingerprint density at radius 2 is 1.90 bits per heavy atom. The summed E-state index contributed by atoms with van der Waals surface area (Å²) in [6.45, 7) is 0. The third-order valence-electron chi connectivity index (χ3n) is 3.40. The first-order valence-corrected chi connectivity index (χ1v) is 8.59. The first-order chi connectivity index (χ1) is 10.1. The molecular weight excluding hydrogens is 308 g/mol. The van der Waals surface area contributed by atoms with Crippen molar-refractivity contribution >= 4 is 23.1 Å². The molecule has 4 nitrogen and oxygen atoms in total. The summed E-state index contributed by atoms with van der Waals surface area (Å²) in [5.41, 5.74) is 1.59. The van der Waals surface area contributed by atoms with E-state index < -0.39 is 23.7 Å². The van der Waals surface area contributed by atoms with Crippen LogP contribution in [0.1, 0.15) is 0 Å². The van der Waals surface area contributed by atoms with E-state index in [0.29, 0.717) is 11.5 Å². The summed E-state index contributed by atoms with van der Waals surface area (Å²) in [6, 6.07) is 9.66. The molecule has 4 atom stereocenters. The Labute approximate surface area is 131 Å². The maximum absolute atomic E-state index is 9.97. The number of rotatable bonds is 3. The van der Waals surface area contributed by atoms with Crippen molar-refractivity contribution in [1.82, 2.24) is 0 Å². The van der Waals surface area contributed by atoms with E-state index in [1.54, 1.807) is 11.3 Å². The highest BCUT2D eigenvalue weighted by molar-refractivity contribution is 7.99. The highest BCUT2D eigenvalue weighted by Crippen LogP contribution is 2.31. The van der Waals surface area contributed by atoms with Crippen LogP contribution in [-0.4, -0.2) is 44.8 Å². The smallest absolute Gasteiger partial charge is 0.173 e. The fourth-order valence-corrected chi connectivity index (χ4v) is 3.98. The van der Waals surface area contributed by atoms with E-state index in [9.17, 15) is 15.3 Å². The summed E-state index contributed by atoms with van der Waals surface area (Å²) in [5, 5.41) is 33.3. The van der Waals surface area contributed by atoms with Crippen LogP contribution in [0.5, 0.6) is 5.75 Å². The molecule has 112 valence electrons. The molecule has 1 saturated heterocycles. The molecule has 0 aliphatic carbocycles. The van der Waals surface area contributed by atoms with Crippen LogP contribution in [0, 0.1) is 0 Å². The molecule has 2 heterocycles. The van der Waals surface area contributed by atoms with Crippen LogP contribution in [0.3, 0.4) is 0 Å². The van der Waals surface area contributed by atoms with Crippen LogP contribution in [0.15, 0.2) is 41.1 Å². The Morgan fingerprint density at radius 1 is 1.05 bits per heavy atom. The molecule has 0 spiro atoms. The Hall–Kier alpha value is -1.05. The van der Waals surface area contributed by atoms with E-state index in [1.165, 1.54) is 11.8 Å². The van der Waals surface area contributed by atoms with Gasteiger partial charge in [-0.25, -0.2) is 0 Å². The summed E-state index contributed by atoms with van der Waals surface area (Å²) in [4.78, 5) is 0. The lowest BCUT2D eigenvalue weighted by atomic mass is 10.1. The van der Waals surface area contributed by atoms with E-state index in [1.807, 2.05) is 35.7 Å². The van der Waals surface area contributed by atoms with Crippen LogP contribution in [-0.2, 0) is 0 Å². The zero-order chi connectivity index (χ0) is 14.8. The Balaban J connectivity index is 1.75. The molecule has 0 bridgehead atoms. The van der Waals surface area contributed by atoms with Crippen molar-refractivity contribution in [3.05, 3.63) is 41.1 Å². The number of thiophene rings is 1. The van der Waals surface area contributed by atoms with Gasteiger partial charge in [0, 0.05) is 5.75 Å². The third kappa shape index (κ3) is 3.25. The predicted molar refractivity (Wildman–Crippen MR) is 84.6 cm³/mol. The molecule has 1 aromatic heterocycles. The van der Waals surface area contributed by atoms with Crippen molar-refractivity contribution < 1.29 is 20.1 Å². The van der Waals surface area contributed by atoms with Gasteiger partial charge in [0.2, 0.25) is 0 Å². The molecule has 3 N–H and O–H groups in total. The average Bonchev–Trinajstić information content (AvgIpc) is 3.03. The van der Waals surface area contributed by atoms with Gasteiger partial charge in [-0.05, 0) is 40.1 Å². The van der Waals surface area contributed by atoms with E-state index in [4.69, 9.17) is 4.74 Å². The van der Waals surface area contributed by atoms with Crippen molar-refractivity contribution in [2.24, 2.45) is 0 Å². The highest BCUT2D eigenvalue weighted by atomic mass is 32.2. The van der Waals surface area contributed by atoms with Crippen LogP contribution in [0.25, 0.3) is 11.1 Å². The lowest BCUT2D eigenvalue weighted by Gasteiger charge is -2.34. The topological polar surface area (TPSA) is 69.9 Å². The molecule has 3 rings (SSSR count). The Kier molecular flexibility index (Phi) is 4.51. The van der Waals surface area contributed by atoms with Crippen molar-refractivity contribution in [3.8, 4) is 16.9 Å². The molecule has 21 heavy (non-hydrogen) atoms. The molecule has 1 aromatic carbocycles. The van der Waals surface area contributed by atoms with Crippen LogP contribution < -0.4 is 4.74 Å². The number of ether oxygens (including phenoxy) is 1. The highest BCUT2D eigenvalue weighted by Gasteiger charge is 2.38. The van der Waals surface area contributed by atoms with Crippen LogP contribution in [0.2, 0.25) is 0 Å². The third-order valence-corrected chi connectivity index (χ3v) is 5.32. The minimum Gasteiger partial charge on any atom is -0.477 e. The van der Waals surface area contributed by atoms with Crippen molar-refractivity contribution in [1.29, 1.82) is 0 Å². The summed E-state index contributed by atoms with van der Waals surface area (Å²) in [7, 11) is 0. The number of aliphatic hydroxyl groups is 3. The van der Waals surface area contributed by atoms with Gasteiger partial charge >= 0.3 is 0 Å². The zero-order valence-electron chi connectivity index (χ0n) is 11.1. The van der Waals surface area contributed by atoms with Gasteiger partial charge in [0.1, 0.15) is 18.0 Å². The van der Waals surface area contributed by atoms with E-state index in [-0.39, 0.29) is 0 Å². The number of benzene rings is 1. The van der Waals surface area contributed by atoms with Gasteiger partial charge in [0.05, 0.1) is 6.10 Å². The minimum atomic E-state index is -1.17. The van der Waals surface area contributed by atoms with Gasteiger partial charge in [0.25, 0.3) is 0 Å². The lowest BCUT2D eigenvalue weighted by Crippen LogP contribution is -2.50. The molecule has 0 radical (unpaired) electrons. The summed E-state index contributed by atoms with van der Waals surface area (Å²) >= 11 is 2.93. The molecular formula is C15H16O4S2. The summed E-state index contributed by atoms with van der Waals surface area (Å²) in [5.74, 6) is 0.978. The standard InChI is InChI=1S/C15H16O4S2/c16-12-8-21-15(14(18)13(12)17)19-11-3-1-2-9(6-11)10-4-5-20-7-10/h1-7,12-18H,8H2/t12-,13+,14-,15+/m1/s1. The Bertz CT molecular complexity index is 587. The minimum absolute atomic E-state index is 0.340. The fraction of sp³-hybridized carbons (Fsp3) is 0.333.